The zero-order valence-corrected chi connectivity index (χ0v) is 16.6. The fraction of sp³-hybridized carbons (Fsp3) is 0.227. The van der Waals surface area contributed by atoms with Crippen molar-refractivity contribution in [3.63, 3.8) is 0 Å². The summed E-state index contributed by atoms with van der Waals surface area (Å²) in [7, 11) is 0. The summed E-state index contributed by atoms with van der Waals surface area (Å²) >= 11 is 0. The molecule has 3 aromatic rings. The monoisotopic (exact) mass is 410 g/mol. The van der Waals surface area contributed by atoms with Gasteiger partial charge in [-0.05, 0) is 42.3 Å². The van der Waals surface area contributed by atoms with Gasteiger partial charge in [0.15, 0.2) is 6.61 Å². The predicted octanol–water partition coefficient (Wildman–Crippen LogP) is 4.02. The average Bonchev–Trinajstić information content (AvgIpc) is 2.70. The van der Waals surface area contributed by atoms with Crippen LogP contribution in [-0.4, -0.2) is 25.2 Å². The van der Waals surface area contributed by atoms with Crippen molar-refractivity contribution in [1.82, 2.24) is 0 Å². The molecular weight excluding hydrogens is 388 g/mol. The highest BCUT2D eigenvalue weighted by Crippen LogP contribution is 2.20. The molecule has 8 heteroatoms. The molecule has 0 saturated heterocycles. The van der Waals surface area contributed by atoms with Gasteiger partial charge in [-0.15, -0.1) is 0 Å². The van der Waals surface area contributed by atoms with Crippen LogP contribution in [0.25, 0.3) is 11.0 Å². The Morgan fingerprint density at radius 1 is 1.00 bits per heavy atom. The van der Waals surface area contributed by atoms with Crippen LogP contribution in [0.4, 0.5) is 16.2 Å². The molecule has 30 heavy (non-hydrogen) atoms. The van der Waals surface area contributed by atoms with Crippen LogP contribution >= 0.6 is 0 Å². The summed E-state index contributed by atoms with van der Waals surface area (Å²) in [4.78, 5) is 35.3. The maximum atomic E-state index is 12.2. The highest BCUT2D eigenvalue weighted by Gasteiger charge is 2.08. The van der Waals surface area contributed by atoms with Gasteiger partial charge in [0.05, 0.1) is 6.61 Å². The van der Waals surface area contributed by atoms with E-state index in [1.54, 1.807) is 48.5 Å². The van der Waals surface area contributed by atoms with Gasteiger partial charge in [-0.2, -0.15) is 0 Å². The van der Waals surface area contributed by atoms with Gasteiger partial charge in [0.2, 0.25) is 0 Å². The first-order chi connectivity index (χ1) is 14.4. The summed E-state index contributed by atoms with van der Waals surface area (Å²) in [5, 5.41) is 6.06. The Hall–Kier alpha value is -3.81. The number of fused-ring (bicyclic) bond motifs is 1. The molecule has 1 heterocycles. The molecule has 0 atom stereocenters. The summed E-state index contributed by atoms with van der Waals surface area (Å²) in [5.41, 5.74) is 0.907. The molecule has 0 aliphatic heterocycles. The number of ether oxygens (including phenoxy) is 2. The molecule has 0 aliphatic rings. The minimum absolute atomic E-state index is 0.236. The van der Waals surface area contributed by atoms with Crippen LogP contribution in [0, 0.1) is 5.92 Å². The number of nitrogens with one attached hydrogen (secondary N) is 2. The van der Waals surface area contributed by atoms with Gasteiger partial charge < -0.3 is 19.2 Å². The van der Waals surface area contributed by atoms with E-state index in [0.29, 0.717) is 29.3 Å². The lowest BCUT2D eigenvalue weighted by atomic mass is 10.2. The first-order valence-corrected chi connectivity index (χ1v) is 9.39. The molecule has 0 fully saturated rings. The molecule has 0 aliphatic carbocycles. The van der Waals surface area contributed by atoms with Crippen LogP contribution in [-0.2, 0) is 9.53 Å². The van der Waals surface area contributed by atoms with E-state index in [0.717, 1.165) is 5.39 Å². The Kier molecular flexibility index (Phi) is 6.69. The average molecular weight is 410 g/mol. The zero-order chi connectivity index (χ0) is 21.5. The number of benzene rings is 2. The second-order valence-corrected chi connectivity index (χ2v) is 6.99. The van der Waals surface area contributed by atoms with Crippen molar-refractivity contribution in [1.29, 1.82) is 0 Å². The molecule has 0 radical (unpaired) electrons. The van der Waals surface area contributed by atoms with Crippen LogP contribution < -0.4 is 21.0 Å². The Balaban J connectivity index is 1.54. The molecule has 1 aromatic heterocycles. The van der Waals surface area contributed by atoms with Gasteiger partial charge in [-0.1, -0.05) is 19.9 Å². The maximum Gasteiger partial charge on any atom is 0.411 e. The third kappa shape index (κ3) is 6.10. The third-order valence-corrected chi connectivity index (χ3v) is 3.90. The SMILES string of the molecule is CC(C)COC(=O)Nc1cccc(NC(=O)COc2ccc3ccc(=O)oc3c2)c1. The number of amides is 2. The molecular formula is C22H22N2O6. The lowest BCUT2D eigenvalue weighted by Gasteiger charge is -2.11. The molecule has 0 bridgehead atoms. The second kappa shape index (κ2) is 9.60. The smallest absolute Gasteiger partial charge is 0.411 e. The van der Waals surface area contributed by atoms with Crippen molar-refractivity contribution in [3.05, 3.63) is 65.0 Å². The van der Waals surface area contributed by atoms with Gasteiger partial charge in [0.1, 0.15) is 11.3 Å². The van der Waals surface area contributed by atoms with Gasteiger partial charge in [-0.3, -0.25) is 10.1 Å². The number of carbonyl (C=O) groups is 2. The van der Waals surface area contributed by atoms with E-state index in [9.17, 15) is 14.4 Å². The number of hydrogen-bond donors (Lipinski definition) is 2. The largest absolute Gasteiger partial charge is 0.484 e. The standard InChI is InChI=1S/C22H22N2O6/c1-14(2)12-29-22(27)24-17-5-3-4-16(10-17)23-20(25)13-28-18-8-6-15-7-9-21(26)30-19(15)11-18/h3-11,14H,12-13H2,1-2H3,(H,23,25)(H,24,27). The molecule has 156 valence electrons. The summed E-state index contributed by atoms with van der Waals surface area (Å²) in [6, 6.07) is 14.6. The molecule has 0 unspecified atom stereocenters. The van der Waals surface area contributed by atoms with E-state index < -0.39 is 11.7 Å². The predicted molar refractivity (Wildman–Crippen MR) is 113 cm³/mol. The highest BCUT2D eigenvalue weighted by molar-refractivity contribution is 5.93. The number of rotatable bonds is 7. The number of carbonyl (C=O) groups excluding carboxylic acids is 2. The molecule has 3 rings (SSSR count). The van der Waals surface area contributed by atoms with Crippen molar-refractivity contribution < 1.29 is 23.5 Å². The van der Waals surface area contributed by atoms with Crippen molar-refractivity contribution in [2.75, 3.05) is 23.8 Å². The topological polar surface area (TPSA) is 107 Å². The Bertz CT molecular complexity index is 1110. The first-order valence-electron chi connectivity index (χ1n) is 9.39. The summed E-state index contributed by atoms with van der Waals surface area (Å²) < 4.78 is 15.6. The van der Waals surface area contributed by atoms with Crippen LogP contribution in [0.1, 0.15) is 13.8 Å². The highest BCUT2D eigenvalue weighted by atomic mass is 16.5. The normalized spacial score (nSPS) is 10.6. The van der Waals surface area contributed by atoms with Gasteiger partial charge in [-0.25, -0.2) is 9.59 Å². The Morgan fingerprint density at radius 2 is 1.73 bits per heavy atom. The van der Waals surface area contributed by atoms with Crippen molar-refractivity contribution in [3.8, 4) is 5.75 Å². The van der Waals surface area contributed by atoms with Gasteiger partial charge in [0.25, 0.3) is 5.91 Å². The molecule has 2 amide bonds. The second-order valence-electron chi connectivity index (χ2n) is 6.99. The van der Waals surface area contributed by atoms with E-state index in [1.807, 2.05) is 13.8 Å². The van der Waals surface area contributed by atoms with E-state index >= 15 is 0 Å². The lowest BCUT2D eigenvalue weighted by Crippen LogP contribution is -2.20. The van der Waals surface area contributed by atoms with Crippen LogP contribution in [0.5, 0.6) is 5.75 Å². The van der Waals surface area contributed by atoms with E-state index in [-0.39, 0.29) is 18.4 Å². The van der Waals surface area contributed by atoms with Gasteiger partial charge >= 0.3 is 11.7 Å². The van der Waals surface area contributed by atoms with Crippen molar-refractivity contribution >= 4 is 34.3 Å². The van der Waals surface area contributed by atoms with Crippen LogP contribution in [0.3, 0.4) is 0 Å². The van der Waals surface area contributed by atoms with Gasteiger partial charge in [0, 0.05) is 28.9 Å². The Morgan fingerprint density at radius 3 is 2.50 bits per heavy atom. The molecule has 0 saturated carbocycles. The Labute approximate surface area is 172 Å². The van der Waals surface area contributed by atoms with E-state index in [2.05, 4.69) is 10.6 Å². The summed E-state index contributed by atoms with van der Waals surface area (Å²) in [6.45, 7) is 3.97. The van der Waals surface area contributed by atoms with Crippen LogP contribution in [0.2, 0.25) is 0 Å². The molecule has 8 nitrogen and oxygen atoms in total. The minimum atomic E-state index is -0.557. The first kappa shape index (κ1) is 20.9. The van der Waals surface area contributed by atoms with E-state index in [1.165, 1.54) is 6.07 Å². The lowest BCUT2D eigenvalue weighted by molar-refractivity contribution is -0.118. The number of anilines is 2. The molecule has 2 N–H and O–H groups in total. The zero-order valence-electron chi connectivity index (χ0n) is 16.6. The summed E-state index contributed by atoms with van der Waals surface area (Å²) in [5.74, 6) is 0.250. The summed E-state index contributed by atoms with van der Waals surface area (Å²) in [6.07, 6.45) is -0.557. The van der Waals surface area contributed by atoms with Crippen molar-refractivity contribution in [2.24, 2.45) is 5.92 Å². The molecule has 2 aromatic carbocycles. The quantitative estimate of drug-likeness (QED) is 0.570. The molecule has 0 spiro atoms. The fourth-order valence-corrected chi connectivity index (χ4v) is 2.55. The van der Waals surface area contributed by atoms with Crippen LogP contribution in [0.15, 0.2) is 63.8 Å². The van der Waals surface area contributed by atoms with Crippen molar-refractivity contribution in [2.45, 2.75) is 13.8 Å². The minimum Gasteiger partial charge on any atom is -0.484 e. The fourth-order valence-electron chi connectivity index (χ4n) is 2.55. The third-order valence-electron chi connectivity index (χ3n) is 3.90. The van der Waals surface area contributed by atoms with E-state index in [4.69, 9.17) is 13.9 Å². The maximum absolute atomic E-state index is 12.2. The number of hydrogen-bond acceptors (Lipinski definition) is 6.